The molecule has 0 radical (unpaired) electrons. The van der Waals surface area contributed by atoms with Gasteiger partial charge in [0, 0.05) is 43.4 Å². The minimum atomic E-state index is 0.796. The Labute approximate surface area is 155 Å². The van der Waals surface area contributed by atoms with Crippen molar-refractivity contribution in [3.63, 3.8) is 0 Å². The predicted octanol–water partition coefficient (Wildman–Crippen LogP) is 4.51. The molecule has 0 saturated carbocycles. The summed E-state index contributed by atoms with van der Waals surface area (Å²) in [5.74, 6) is 2.75. The normalized spacial score (nSPS) is 10.9. The summed E-state index contributed by atoms with van der Waals surface area (Å²) in [5, 5.41) is 3.46. The summed E-state index contributed by atoms with van der Waals surface area (Å²) >= 11 is 0. The highest BCUT2D eigenvalue weighted by molar-refractivity contribution is 5.75. The molecule has 26 heavy (non-hydrogen) atoms. The van der Waals surface area contributed by atoms with Gasteiger partial charge in [0.25, 0.3) is 0 Å². The molecule has 1 aromatic heterocycles. The molecule has 0 spiro atoms. The van der Waals surface area contributed by atoms with Gasteiger partial charge >= 0.3 is 0 Å². The molecule has 5 nitrogen and oxygen atoms in total. The van der Waals surface area contributed by atoms with Crippen molar-refractivity contribution in [1.82, 2.24) is 9.55 Å². The number of benzene rings is 2. The number of nitrogens with zero attached hydrogens (tertiary/aromatic N) is 2. The van der Waals surface area contributed by atoms with Gasteiger partial charge in [0.15, 0.2) is 0 Å². The number of nitrogens with one attached hydrogen (secondary N) is 1. The molecule has 0 atom stereocenters. The van der Waals surface area contributed by atoms with Crippen LogP contribution in [-0.2, 0) is 13.0 Å². The molecule has 0 aliphatic heterocycles. The summed E-state index contributed by atoms with van der Waals surface area (Å²) in [7, 11) is 3.33. The molecular weight excluding hydrogens is 326 g/mol. The molecule has 138 valence electrons. The molecule has 3 rings (SSSR count). The van der Waals surface area contributed by atoms with Crippen LogP contribution in [0.2, 0.25) is 0 Å². The van der Waals surface area contributed by atoms with Crippen molar-refractivity contribution in [3.05, 3.63) is 48.3 Å². The molecule has 0 amide bonds. The van der Waals surface area contributed by atoms with Gasteiger partial charge in [-0.3, -0.25) is 0 Å². The number of hydrogen-bond acceptors (Lipinski definition) is 4. The second kappa shape index (κ2) is 8.61. The quantitative estimate of drug-likeness (QED) is 0.575. The topological polar surface area (TPSA) is 48.3 Å². The Balaban J connectivity index is 1.55. The van der Waals surface area contributed by atoms with Crippen LogP contribution >= 0.6 is 0 Å². The lowest BCUT2D eigenvalue weighted by molar-refractivity contribution is 0.394. The molecule has 2 aromatic carbocycles. The molecule has 1 N–H and O–H groups in total. The van der Waals surface area contributed by atoms with Gasteiger partial charge in [0.05, 0.1) is 25.3 Å². The van der Waals surface area contributed by atoms with E-state index < -0.39 is 0 Å². The van der Waals surface area contributed by atoms with Crippen molar-refractivity contribution in [1.29, 1.82) is 0 Å². The van der Waals surface area contributed by atoms with Gasteiger partial charge in [-0.15, -0.1) is 0 Å². The van der Waals surface area contributed by atoms with Gasteiger partial charge in [-0.25, -0.2) is 4.98 Å². The lowest BCUT2D eigenvalue weighted by Crippen LogP contribution is -2.07. The van der Waals surface area contributed by atoms with Gasteiger partial charge in [0.2, 0.25) is 0 Å². The maximum absolute atomic E-state index is 5.31. The summed E-state index contributed by atoms with van der Waals surface area (Å²) in [6.07, 6.45) is 3.13. The van der Waals surface area contributed by atoms with Crippen molar-refractivity contribution in [3.8, 4) is 11.5 Å². The fraction of sp³-hybridized carbons (Fsp3) is 0.381. The first-order valence-corrected chi connectivity index (χ1v) is 9.16. The van der Waals surface area contributed by atoms with E-state index in [0.717, 1.165) is 60.9 Å². The van der Waals surface area contributed by atoms with E-state index in [9.17, 15) is 0 Å². The van der Waals surface area contributed by atoms with Crippen molar-refractivity contribution in [2.75, 3.05) is 26.1 Å². The monoisotopic (exact) mass is 353 g/mol. The SMILES string of the molecule is CCc1nc2ccccc2n1CCCCNc1cc(OC)cc(OC)c1. The fourth-order valence-electron chi connectivity index (χ4n) is 3.18. The zero-order chi connectivity index (χ0) is 18.4. The lowest BCUT2D eigenvalue weighted by atomic mass is 10.2. The fourth-order valence-corrected chi connectivity index (χ4v) is 3.18. The van der Waals surface area contributed by atoms with Crippen LogP contribution in [-0.4, -0.2) is 30.3 Å². The van der Waals surface area contributed by atoms with Gasteiger partial charge < -0.3 is 19.4 Å². The minimum Gasteiger partial charge on any atom is -0.497 e. The Morgan fingerprint density at radius 3 is 2.42 bits per heavy atom. The highest BCUT2D eigenvalue weighted by Gasteiger charge is 2.08. The van der Waals surface area contributed by atoms with Crippen LogP contribution in [0.3, 0.4) is 0 Å². The zero-order valence-corrected chi connectivity index (χ0v) is 15.8. The number of rotatable bonds is 9. The molecule has 3 aromatic rings. The number of hydrogen-bond donors (Lipinski definition) is 1. The maximum atomic E-state index is 5.31. The second-order valence-electron chi connectivity index (χ2n) is 6.26. The molecule has 0 aliphatic rings. The van der Waals surface area contributed by atoms with E-state index >= 15 is 0 Å². The zero-order valence-electron chi connectivity index (χ0n) is 15.8. The van der Waals surface area contributed by atoms with Crippen LogP contribution in [0.25, 0.3) is 11.0 Å². The van der Waals surface area contributed by atoms with Crippen molar-refractivity contribution in [2.24, 2.45) is 0 Å². The highest BCUT2D eigenvalue weighted by atomic mass is 16.5. The molecule has 0 saturated heterocycles. The maximum Gasteiger partial charge on any atom is 0.124 e. The van der Waals surface area contributed by atoms with E-state index in [0.29, 0.717) is 0 Å². The van der Waals surface area contributed by atoms with Crippen molar-refractivity contribution >= 4 is 16.7 Å². The van der Waals surface area contributed by atoms with Crippen LogP contribution in [0, 0.1) is 0 Å². The summed E-state index contributed by atoms with van der Waals surface area (Å²) in [6, 6.07) is 14.2. The number of unbranched alkanes of at least 4 members (excludes halogenated alkanes) is 1. The van der Waals surface area contributed by atoms with E-state index in [-0.39, 0.29) is 0 Å². The van der Waals surface area contributed by atoms with Crippen LogP contribution in [0.15, 0.2) is 42.5 Å². The number of fused-ring (bicyclic) bond motifs is 1. The predicted molar refractivity (Wildman–Crippen MR) is 106 cm³/mol. The average molecular weight is 353 g/mol. The van der Waals surface area contributed by atoms with E-state index in [2.05, 4.69) is 35.0 Å². The largest absolute Gasteiger partial charge is 0.497 e. The molecule has 0 bridgehead atoms. The average Bonchev–Trinajstić information content (AvgIpc) is 3.05. The number of aryl methyl sites for hydroxylation is 2. The molecule has 0 aliphatic carbocycles. The first-order valence-electron chi connectivity index (χ1n) is 9.16. The first kappa shape index (κ1) is 18.1. The van der Waals surface area contributed by atoms with Crippen LogP contribution in [0.5, 0.6) is 11.5 Å². The Kier molecular flexibility index (Phi) is 6.00. The Morgan fingerprint density at radius 2 is 1.73 bits per heavy atom. The lowest BCUT2D eigenvalue weighted by Gasteiger charge is -2.11. The molecule has 0 unspecified atom stereocenters. The van der Waals surface area contributed by atoms with Crippen molar-refractivity contribution < 1.29 is 9.47 Å². The number of para-hydroxylation sites is 2. The van der Waals surface area contributed by atoms with E-state index in [4.69, 9.17) is 14.5 Å². The van der Waals surface area contributed by atoms with Crippen LogP contribution in [0.4, 0.5) is 5.69 Å². The molecule has 5 heteroatoms. The second-order valence-corrected chi connectivity index (χ2v) is 6.26. The first-order chi connectivity index (χ1) is 12.7. The summed E-state index contributed by atoms with van der Waals surface area (Å²) < 4.78 is 13.0. The van der Waals surface area contributed by atoms with Gasteiger partial charge in [-0.2, -0.15) is 0 Å². The van der Waals surface area contributed by atoms with Crippen LogP contribution < -0.4 is 14.8 Å². The highest BCUT2D eigenvalue weighted by Crippen LogP contribution is 2.25. The molecule has 1 heterocycles. The van der Waals surface area contributed by atoms with Gasteiger partial charge in [-0.05, 0) is 25.0 Å². The number of imidazole rings is 1. The smallest absolute Gasteiger partial charge is 0.124 e. The molecular formula is C21H27N3O2. The summed E-state index contributed by atoms with van der Waals surface area (Å²) in [5.41, 5.74) is 3.34. The third-order valence-corrected chi connectivity index (χ3v) is 4.54. The summed E-state index contributed by atoms with van der Waals surface area (Å²) in [6.45, 7) is 4.06. The Bertz CT molecular complexity index is 835. The third kappa shape index (κ3) is 4.10. The van der Waals surface area contributed by atoms with Gasteiger partial charge in [0.1, 0.15) is 17.3 Å². The summed E-state index contributed by atoms with van der Waals surface area (Å²) in [4.78, 5) is 4.74. The van der Waals surface area contributed by atoms with E-state index in [1.807, 2.05) is 24.3 Å². The van der Waals surface area contributed by atoms with Crippen molar-refractivity contribution in [2.45, 2.75) is 32.7 Å². The Morgan fingerprint density at radius 1 is 1.00 bits per heavy atom. The number of anilines is 1. The van der Waals surface area contributed by atoms with E-state index in [1.54, 1.807) is 14.2 Å². The third-order valence-electron chi connectivity index (χ3n) is 4.54. The number of aromatic nitrogens is 2. The van der Waals surface area contributed by atoms with Gasteiger partial charge in [-0.1, -0.05) is 19.1 Å². The standard InChI is InChI=1S/C21H27N3O2/c1-4-21-23-19-9-5-6-10-20(19)24(21)12-8-7-11-22-16-13-17(25-2)15-18(14-16)26-3/h5-6,9-10,13-15,22H,4,7-8,11-12H2,1-3H3. The molecule has 0 fully saturated rings. The Hall–Kier alpha value is -2.69. The number of methoxy groups -OCH3 is 2. The number of ether oxygens (including phenoxy) is 2. The minimum absolute atomic E-state index is 0.796. The van der Waals surface area contributed by atoms with E-state index in [1.165, 1.54) is 5.52 Å². The van der Waals surface area contributed by atoms with Crippen LogP contribution in [0.1, 0.15) is 25.6 Å².